The van der Waals surface area contributed by atoms with Crippen molar-refractivity contribution in [3.63, 3.8) is 0 Å². The summed E-state index contributed by atoms with van der Waals surface area (Å²) < 4.78 is 10.5. The fourth-order valence-corrected chi connectivity index (χ4v) is 3.40. The Morgan fingerprint density at radius 3 is 2.63 bits per heavy atom. The molecule has 2 aromatic rings. The van der Waals surface area contributed by atoms with E-state index in [0.29, 0.717) is 34.8 Å². The van der Waals surface area contributed by atoms with E-state index in [1.54, 1.807) is 17.0 Å². The number of rotatable bonds is 6. The van der Waals surface area contributed by atoms with Crippen LogP contribution in [0.1, 0.15) is 32.0 Å². The molecule has 1 fully saturated rings. The molecule has 27 heavy (non-hydrogen) atoms. The second kappa shape index (κ2) is 8.39. The normalized spacial score (nSPS) is 16.9. The van der Waals surface area contributed by atoms with Gasteiger partial charge in [0.05, 0.1) is 37.7 Å². The Morgan fingerprint density at radius 2 is 2.00 bits per heavy atom. The van der Waals surface area contributed by atoms with Crippen LogP contribution in [-0.2, 0) is 11.3 Å². The van der Waals surface area contributed by atoms with Crippen LogP contribution in [0.2, 0.25) is 0 Å². The quantitative estimate of drug-likeness (QED) is 0.794. The molecule has 1 aliphatic rings. The van der Waals surface area contributed by atoms with Gasteiger partial charge in [-0.2, -0.15) is 0 Å². The summed E-state index contributed by atoms with van der Waals surface area (Å²) in [6.07, 6.45) is 2.99. The standard InChI is InChI=1S/C19H26N4O4/c1-4-23(19(25)13-7-5-6-8-20-13)11-17-21-14-10-16(27-3)15(26-2)9-12(14)18(24)22-17/h9-10,13,20H,4-8,11H2,1-3H3,(H,21,22,24)/t13-/m0/s1. The highest BCUT2D eigenvalue weighted by Crippen LogP contribution is 2.30. The minimum atomic E-state index is -0.268. The molecule has 146 valence electrons. The molecule has 8 heteroatoms. The van der Waals surface area contributed by atoms with Crippen molar-refractivity contribution in [2.45, 2.75) is 38.8 Å². The maximum atomic E-state index is 12.8. The van der Waals surface area contributed by atoms with Crippen LogP contribution in [0.25, 0.3) is 10.9 Å². The zero-order chi connectivity index (χ0) is 19.4. The van der Waals surface area contributed by atoms with Crippen molar-refractivity contribution in [3.8, 4) is 11.5 Å². The smallest absolute Gasteiger partial charge is 0.258 e. The van der Waals surface area contributed by atoms with Crippen LogP contribution >= 0.6 is 0 Å². The number of nitrogens with zero attached hydrogens (tertiary/aromatic N) is 2. The number of carbonyl (C=O) groups excluding carboxylic acids is 1. The lowest BCUT2D eigenvalue weighted by molar-refractivity contribution is -0.134. The van der Waals surface area contributed by atoms with Crippen molar-refractivity contribution in [2.75, 3.05) is 27.3 Å². The lowest BCUT2D eigenvalue weighted by Crippen LogP contribution is -2.48. The Bertz CT molecular complexity index is 874. The number of hydrogen-bond donors (Lipinski definition) is 2. The van der Waals surface area contributed by atoms with Crippen LogP contribution in [0.3, 0.4) is 0 Å². The number of piperidine rings is 1. The summed E-state index contributed by atoms with van der Waals surface area (Å²) in [7, 11) is 3.05. The topological polar surface area (TPSA) is 96.6 Å². The van der Waals surface area contributed by atoms with Gasteiger partial charge in [0.2, 0.25) is 5.91 Å². The van der Waals surface area contributed by atoms with E-state index >= 15 is 0 Å². The highest BCUT2D eigenvalue weighted by molar-refractivity contribution is 5.83. The molecule has 1 amide bonds. The van der Waals surface area contributed by atoms with E-state index in [1.807, 2.05) is 6.92 Å². The number of ether oxygens (including phenoxy) is 2. The fourth-order valence-electron chi connectivity index (χ4n) is 3.40. The van der Waals surface area contributed by atoms with Crippen molar-refractivity contribution in [1.29, 1.82) is 0 Å². The van der Waals surface area contributed by atoms with E-state index in [2.05, 4.69) is 15.3 Å². The van der Waals surface area contributed by atoms with E-state index in [9.17, 15) is 9.59 Å². The van der Waals surface area contributed by atoms with Crippen LogP contribution in [0.4, 0.5) is 0 Å². The molecule has 0 aliphatic carbocycles. The molecule has 8 nitrogen and oxygen atoms in total. The highest BCUT2D eigenvalue weighted by atomic mass is 16.5. The van der Waals surface area contributed by atoms with Crippen molar-refractivity contribution in [1.82, 2.24) is 20.2 Å². The van der Waals surface area contributed by atoms with E-state index < -0.39 is 0 Å². The molecule has 1 atom stereocenters. The first-order chi connectivity index (χ1) is 13.1. The third kappa shape index (κ3) is 4.05. The number of methoxy groups -OCH3 is 2. The first-order valence-corrected chi connectivity index (χ1v) is 9.24. The van der Waals surface area contributed by atoms with Crippen molar-refractivity contribution >= 4 is 16.8 Å². The number of carbonyl (C=O) groups is 1. The Balaban J connectivity index is 1.89. The molecule has 0 saturated carbocycles. The maximum absolute atomic E-state index is 12.8. The molecule has 2 N–H and O–H groups in total. The minimum Gasteiger partial charge on any atom is -0.493 e. The molecule has 1 aromatic heterocycles. The van der Waals surface area contributed by atoms with E-state index in [1.165, 1.54) is 14.2 Å². The van der Waals surface area contributed by atoms with Gasteiger partial charge in [-0.1, -0.05) is 6.42 Å². The Labute approximate surface area is 157 Å². The van der Waals surface area contributed by atoms with Gasteiger partial charge in [-0.05, 0) is 32.4 Å². The lowest BCUT2D eigenvalue weighted by Gasteiger charge is -2.29. The summed E-state index contributed by atoms with van der Waals surface area (Å²) in [6.45, 7) is 3.59. The summed E-state index contributed by atoms with van der Waals surface area (Å²) in [6, 6.07) is 3.13. The molecule has 1 aliphatic heterocycles. The predicted octanol–water partition coefficient (Wildman–Crippen LogP) is 1.43. The number of benzene rings is 1. The number of H-pyrrole nitrogens is 1. The first kappa shape index (κ1) is 19.2. The van der Waals surface area contributed by atoms with Gasteiger partial charge < -0.3 is 24.7 Å². The fraction of sp³-hybridized carbons (Fsp3) is 0.526. The predicted molar refractivity (Wildman–Crippen MR) is 102 cm³/mol. The average molecular weight is 374 g/mol. The van der Waals surface area contributed by atoms with Gasteiger partial charge in [-0.25, -0.2) is 4.98 Å². The Kier molecular flexibility index (Phi) is 5.95. The summed E-state index contributed by atoms with van der Waals surface area (Å²) in [5, 5.41) is 3.69. The van der Waals surface area contributed by atoms with E-state index in [0.717, 1.165) is 25.8 Å². The summed E-state index contributed by atoms with van der Waals surface area (Å²) in [5.74, 6) is 1.47. The average Bonchev–Trinajstić information content (AvgIpc) is 2.71. The van der Waals surface area contributed by atoms with Gasteiger partial charge in [0, 0.05) is 12.6 Å². The second-order valence-electron chi connectivity index (χ2n) is 6.59. The molecule has 2 heterocycles. The maximum Gasteiger partial charge on any atom is 0.258 e. The summed E-state index contributed by atoms with van der Waals surface area (Å²) >= 11 is 0. The number of amides is 1. The van der Waals surface area contributed by atoms with Crippen LogP contribution in [0.5, 0.6) is 11.5 Å². The van der Waals surface area contributed by atoms with Gasteiger partial charge in [-0.15, -0.1) is 0 Å². The second-order valence-corrected chi connectivity index (χ2v) is 6.59. The number of likely N-dealkylation sites (N-methyl/N-ethyl adjacent to an activating group) is 1. The Hall–Kier alpha value is -2.61. The van der Waals surface area contributed by atoms with Crippen LogP contribution in [-0.4, -0.2) is 54.1 Å². The summed E-state index contributed by atoms with van der Waals surface area (Å²) in [5.41, 5.74) is 0.237. The molecule has 0 unspecified atom stereocenters. The monoisotopic (exact) mass is 374 g/mol. The third-order valence-electron chi connectivity index (χ3n) is 4.90. The molecule has 0 bridgehead atoms. The number of fused-ring (bicyclic) bond motifs is 1. The summed E-state index contributed by atoms with van der Waals surface area (Å²) in [4.78, 5) is 34.3. The van der Waals surface area contributed by atoms with Crippen LogP contribution < -0.4 is 20.3 Å². The largest absolute Gasteiger partial charge is 0.493 e. The highest BCUT2D eigenvalue weighted by Gasteiger charge is 2.25. The third-order valence-corrected chi connectivity index (χ3v) is 4.90. The number of aromatic nitrogens is 2. The number of hydrogen-bond acceptors (Lipinski definition) is 6. The van der Waals surface area contributed by atoms with E-state index in [-0.39, 0.29) is 24.1 Å². The van der Waals surface area contributed by atoms with Crippen molar-refractivity contribution in [2.24, 2.45) is 0 Å². The molecule has 1 saturated heterocycles. The van der Waals surface area contributed by atoms with Gasteiger partial charge in [0.1, 0.15) is 5.82 Å². The molecular weight excluding hydrogens is 348 g/mol. The number of nitrogens with one attached hydrogen (secondary N) is 2. The molecule has 1 aromatic carbocycles. The van der Waals surface area contributed by atoms with Gasteiger partial charge in [-0.3, -0.25) is 9.59 Å². The van der Waals surface area contributed by atoms with E-state index in [4.69, 9.17) is 9.47 Å². The molecule has 3 rings (SSSR count). The zero-order valence-corrected chi connectivity index (χ0v) is 16.0. The van der Waals surface area contributed by atoms with Crippen LogP contribution in [0.15, 0.2) is 16.9 Å². The Morgan fingerprint density at radius 1 is 1.26 bits per heavy atom. The molecular formula is C19H26N4O4. The molecule has 0 spiro atoms. The minimum absolute atomic E-state index is 0.0484. The lowest BCUT2D eigenvalue weighted by atomic mass is 10.0. The number of aromatic amines is 1. The van der Waals surface area contributed by atoms with Gasteiger partial charge in [0.25, 0.3) is 5.56 Å². The first-order valence-electron chi connectivity index (χ1n) is 9.24. The molecule has 0 radical (unpaired) electrons. The van der Waals surface area contributed by atoms with Gasteiger partial charge >= 0.3 is 0 Å². The van der Waals surface area contributed by atoms with Gasteiger partial charge in [0.15, 0.2) is 11.5 Å². The van der Waals surface area contributed by atoms with Crippen molar-refractivity contribution in [3.05, 3.63) is 28.3 Å². The SMILES string of the molecule is CCN(Cc1nc2cc(OC)c(OC)cc2c(=O)[nH]1)C(=O)[C@@H]1CCCCN1. The van der Waals surface area contributed by atoms with Crippen molar-refractivity contribution < 1.29 is 14.3 Å². The van der Waals surface area contributed by atoms with Crippen LogP contribution in [0, 0.1) is 0 Å². The zero-order valence-electron chi connectivity index (χ0n) is 16.0.